The Balaban J connectivity index is 2.32. The molecule has 1 aliphatic rings. The molecule has 0 radical (unpaired) electrons. The molecule has 0 aromatic heterocycles. The normalized spacial score (nSPS) is 18.1. The third kappa shape index (κ3) is 2.85. The summed E-state index contributed by atoms with van der Waals surface area (Å²) in [5.41, 5.74) is 7.22. The van der Waals surface area contributed by atoms with Crippen molar-refractivity contribution in [2.75, 3.05) is 23.7 Å². The minimum atomic E-state index is -0.988. The van der Waals surface area contributed by atoms with E-state index in [0.29, 0.717) is 21.8 Å². The Morgan fingerprint density at radius 3 is 2.55 bits per heavy atom. The number of piperidine rings is 1. The highest BCUT2D eigenvalue weighted by Gasteiger charge is 2.30. The maximum atomic E-state index is 11.4. The Kier molecular flexibility index (Phi) is 4.14. The maximum absolute atomic E-state index is 11.4. The second kappa shape index (κ2) is 5.52. The minimum Gasteiger partial charge on any atom is -0.478 e. The van der Waals surface area contributed by atoms with Gasteiger partial charge in [-0.05, 0) is 30.4 Å². The van der Waals surface area contributed by atoms with Crippen LogP contribution in [-0.2, 0) is 0 Å². The van der Waals surface area contributed by atoms with Crippen LogP contribution in [-0.4, -0.2) is 24.2 Å². The number of rotatable bonds is 3. The van der Waals surface area contributed by atoms with Crippen LogP contribution in [0.5, 0.6) is 0 Å². The van der Waals surface area contributed by atoms with E-state index in [1.807, 2.05) is 0 Å². The molecule has 0 spiro atoms. The molecule has 0 unspecified atom stereocenters. The third-order valence-corrected chi connectivity index (χ3v) is 4.74. The fraction of sp³-hybridized carbons (Fsp3) is 0.533. The molecule has 3 N–H and O–H groups in total. The van der Waals surface area contributed by atoms with Crippen molar-refractivity contribution in [1.82, 2.24) is 0 Å². The van der Waals surface area contributed by atoms with Crippen LogP contribution in [0.3, 0.4) is 0 Å². The Labute approximate surface area is 124 Å². The second-order valence-corrected chi connectivity index (χ2v) is 6.26. The van der Waals surface area contributed by atoms with Crippen LogP contribution in [0.25, 0.3) is 0 Å². The zero-order chi connectivity index (χ0) is 14.9. The molecule has 20 heavy (non-hydrogen) atoms. The van der Waals surface area contributed by atoms with Gasteiger partial charge in [-0.3, -0.25) is 0 Å². The molecule has 0 bridgehead atoms. The molecule has 0 saturated carbocycles. The van der Waals surface area contributed by atoms with E-state index in [1.165, 1.54) is 6.07 Å². The second-order valence-electron chi connectivity index (χ2n) is 5.86. The summed E-state index contributed by atoms with van der Waals surface area (Å²) in [6, 6.07) is 3.11. The Morgan fingerprint density at radius 1 is 1.45 bits per heavy atom. The molecule has 1 fully saturated rings. The molecule has 1 saturated heterocycles. The Bertz CT molecular complexity index is 523. The summed E-state index contributed by atoms with van der Waals surface area (Å²) < 4.78 is 0. The van der Waals surface area contributed by atoms with Crippen molar-refractivity contribution >= 4 is 28.9 Å². The number of hydrogen-bond donors (Lipinski definition) is 2. The molecular weight excluding hydrogens is 276 g/mol. The molecular formula is C15H21ClN2O2. The number of hydrogen-bond acceptors (Lipinski definition) is 3. The standard InChI is InChI=1S/C15H21ClN2O2/c1-3-15(2)4-6-18(7-5-15)13-11(14(19)20)8-10(17)9-12(13)16/h8-9H,3-7,17H2,1-2H3,(H,19,20). The smallest absolute Gasteiger partial charge is 0.337 e. The molecule has 0 amide bonds. The quantitative estimate of drug-likeness (QED) is 0.836. The first-order valence-electron chi connectivity index (χ1n) is 6.93. The summed E-state index contributed by atoms with van der Waals surface area (Å²) in [5, 5.41) is 9.77. The monoisotopic (exact) mass is 296 g/mol. The van der Waals surface area contributed by atoms with Crippen LogP contribution in [0.1, 0.15) is 43.5 Å². The molecule has 1 aromatic rings. The number of benzene rings is 1. The molecule has 110 valence electrons. The highest BCUT2D eigenvalue weighted by atomic mass is 35.5. The number of nitrogens with two attached hydrogens (primary N) is 1. The lowest BCUT2D eigenvalue weighted by molar-refractivity contribution is 0.0697. The van der Waals surface area contributed by atoms with Gasteiger partial charge in [0, 0.05) is 18.8 Å². The lowest BCUT2D eigenvalue weighted by Crippen LogP contribution is -2.39. The number of nitrogen functional groups attached to an aromatic ring is 1. The zero-order valence-electron chi connectivity index (χ0n) is 11.9. The average molecular weight is 297 g/mol. The zero-order valence-corrected chi connectivity index (χ0v) is 12.7. The first-order chi connectivity index (χ1) is 9.36. The first-order valence-corrected chi connectivity index (χ1v) is 7.31. The largest absolute Gasteiger partial charge is 0.478 e. The van der Waals surface area contributed by atoms with Crippen molar-refractivity contribution in [1.29, 1.82) is 0 Å². The van der Waals surface area contributed by atoms with Gasteiger partial charge in [0.25, 0.3) is 0 Å². The molecule has 4 nitrogen and oxygen atoms in total. The topological polar surface area (TPSA) is 66.6 Å². The molecule has 0 aliphatic carbocycles. The lowest BCUT2D eigenvalue weighted by atomic mass is 9.78. The van der Waals surface area contributed by atoms with E-state index in [-0.39, 0.29) is 5.56 Å². The fourth-order valence-electron chi connectivity index (χ4n) is 2.73. The third-order valence-electron chi connectivity index (χ3n) is 4.46. The van der Waals surface area contributed by atoms with E-state index in [2.05, 4.69) is 18.7 Å². The summed E-state index contributed by atoms with van der Waals surface area (Å²) in [5.74, 6) is -0.988. The predicted molar refractivity (Wildman–Crippen MR) is 82.7 cm³/mol. The van der Waals surface area contributed by atoms with Crippen LogP contribution in [0.2, 0.25) is 5.02 Å². The molecule has 1 aromatic carbocycles. The minimum absolute atomic E-state index is 0.190. The van der Waals surface area contributed by atoms with E-state index < -0.39 is 5.97 Å². The SMILES string of the molecule is CCC1(C)CCN(c2c(Cl)cc(N)cc2C(=O)O)CC1. The molecule has 1 heterocycles. The van der Waals surface area contributed by atoms with E-state index in [4.69, 9.17) is 17.3 Å². The molecule has 0 atom stereocenters. The summed E-state index contributed by atoms with van der Waals surface area (Å²) in [4.78, 5) is 13.5. The number of halogens is 1. The van der Waals surface area contributed by atoms with Crippen molar-refractivity contribution in [3.05, 3.63) is 22.7 Å². The van der Waals surface area contributed by atoms with Gasteiger partial charge >= 0.3 is 5.97 Å². The van der Waals surface area contributed by atoms with Gasteiger partial charge in [0.2, 0.25) is 0 Å². The fourth-order valence-corrected chi connectivity index (χ4v) is 3.08. The number of carbonyl (C=O) groups is 1. The van der Waals surface area contributed by atoms with Gasteiger partial charge in [-0.2, -0.15) is 0 Å². The van der Waals surface area contributed by atoms with Gasteiger partial charge in [0.05, 0.1) is 16.3 Å². The first kappa shape index (κ1) is 15.0. The van der Waals surface area contributed by atoms with Gasteiger partial charge in [0.15, 0.2) is 0 Å². The van der Waals surface area contributed by atoms with E-state index in [9.17, 15) is 9.90 Å². The maximum Gasteiger partial charge on any atom is 0.337 e. The van der Waals surface area contributed by atoms with E-state index in [0.717, 1.165) is 32.4 Å². The average Bonchev–Trinajstić information content (AvgIpc) is 2.39. The predicted octanol–water partition coefficient (Wildman–Crippen LogP) is 3.64. The number of anilines is 2. The van der Waals surface area contributed by atoms with Crippen LogP contribution in [0.15, 0.2) is 12.1 Å². The highest BCUT2D eigenvalue weighted by Crippen LogP contribution is 2.39. The van der Waals surface area contributed by atoms with Crippen LogP contribution >= 0.6 is 11.6 Å². The number of carboxylic acids is 1. The van der Waals surface area contributed by atoms with E-state index in [1.54, 1.807) is 6.07 Å². The molecule has 2 rings (SSSR count). The summed E-state index contributed by atoms with van der Waals surface area (Å²) in [7, 11) is 0. The van der Waals surface area contributed by atoms with Crippen LogP contribution in [0, 0.1) is 5.41 Å². The Morgan fingerprint density at radius 2 is 2.05 bits per heavy atom. The van der Waals surface area contributed by atoms with Gasteiger partial charge in [-0.25, -0.2) is 4.79 Å². The van der Waals surface area contributed by atoms with Crippen molar-refractivity contribution < 1.29 is 9.90 Å². The number of aromatic carboxylic acids is 1. The van der Waals surface area contributed by atoms with Gasteiger partial charge in [0.1, 0.15) is 0 Å². The lowest BCUT2D eigenvalue weighted by Gasteiger charge is -2.40. The van der Waals surface area contributed by atoms with Crippen molar-refractivity contribution in [3.8, 4) is 0 Å². The van der Waals surface area contributed by atoms with Crippen LogP contribution < -0.4 is 10.6 Å². The summed E-state index contributed by atoms with van der Waals surface area (Å²) >= 11 is 6.23. The number of nitrogens with zero attached hydrogens (tertiary/aromatic N) is 1. The van der Waals surface area contributed by atoms with Gasteiger partial charge in [-0.1, -0.05) is 31.9 Å². The highest BCUT2D eigenvalue weighted by molar-refractivity contribution is 6.34. The number of carboxylic acid groups (broad SMARTS) is 1. The van der Waals surface area contributed by atoms with Crippen molar-refractivity contribution in [2.24, 2.45) is 5.41 Å². The van der Waals surface area contributed by atoms with Crippen molar-refractivity contribution in [3.63, 3.8) is 0 Å². The van der Waals surface area contributed by atoms with E-state index >= 15 is 0 Å². The van der Waals surface area contributed by atoms with Gasteiger partial charge < -0.3 is 15.7 Å². The summed E-state index contributed by atoms with van der Waals surface area (Å²) in [6.45, 7) is 6.14. The molecule has 1 aliphatic heterocycles. The molecule has 5 heteroatoms. The Hall–Kier alpha value is -1.42. The van der Waals surface area contributed by atoms with Crippen molar-refractivity contribution in [2.45, 2.75) is 33.1 Å². The van der Waals surface area contributed by atoms with Crippen LogP contribution in [0.4, 0.5) is 11.4 Å². The van der Waals surface area contributed by atoms with Gasteiger partial charge in [-0.15, -0.1) is 0 Å². The summed E-state index contributed by atoms with van der Waals surface area (Å²) in [6.07, 6.45) is 3.23.